The molecule has 0 aliphatic carbocycles. The predicted octanol–water partition coefficient (Wildman–Crippen LogP) is 3.97. The summed E-state index contributed by atoms with van der Waals surface area (Å²) in [6.45, 7) is 2.01. The van der Waals surface area contributed by atoms with Gasteiger partial charge in [0, 0.05) is 50.6 Å². The molecule has 1 saturated heterocycles. The number of anilines is 2. The van der Waals surface area contributed by atoms with Crippen LogP contribution in [-0.4, -0.2) is 57.3 Å². The Morgan fingerprint density at radius 2 is 1.84 bits per heavy atom. The molecular formula is C28H28N6O3. The van der Waals surface area contributed by atoms with Gasteiger partial charge in [0.1, 0.15) is 5.69 Å². The van der Waals surface area contributed by atoms with Gasteiger partial charge >= 0.3 is 0 Å². The van der Waals surface area contributed by atoms with Crippen molar-refractivity contribution in [1.82, 2.24) is 19.4 Å². The van der Waals surface area contributed by atoms with E-state index in [0.717, 1.165) is 24.9 Å². The molecule has 0 unspecified atom stereocenters. The van der Waals surface area contributed by atoms with Crippen molar-refractivity contribution in [3.8, 4) is 0 Å². The highest BCUT2D eigenvalue weighted by atomic mass is 16.2. The molecule has 1 N–H and O–H groups in total. The van der Waals surface area contributed by atoms with Gasteiger partial charge in [0.15, 0.2) is 0 Å². The first-order valence-electron chi connectivity index (χ1n) is 12.3. The molecule has 4 aromatic rings. The highest BCUT2D eigenvalue weighted by molar-refractivity contribution is 6.06. The van der Waals surface area contributed by atoms with Crippen LogP contribution in [0.2, 0.25) is 0 Å². The molecule has 0 bridgehead atoms. The van der Waals surface area contributed by atoms with Crippen molar-refractivity contribution in [2.45, 2.75) is 25.8 Å². The van der Waals surface area contributed by atoms with Crippen LogP contribution in [0.3, 0.4) is 0 Å². The smallest absolute Gasteiger partial charge is 0.276 e. The second-order valence-corrected chi connectivity index (χ2v) is 9.00. The summed E-state index contributed by atoms with van der Waals surface area (Å²) in [4.78, 5) is 50.1. The fourth-order valence-electron chi connectivity index (χ4n) is 4.56. The van der Waals surface area contributed by atoms with E-state index >= 15 is 0 Å². The number of carbonyl (C=O) groups is 3. The minimum atomic E-state index is -0.358. The zero-order chi connectivity index (χ0) is 25.8. The second kappa shape index (κ2) is 10.6. The lowest BCUT2D eigenvalue weighted by Gasteiger charge is -2.18. The number of aryl methyl sites for hydroxylation is 1. The molecule has 0 radical (unpaired) electrons. The van der Waals surface area contributed by atoms with E-state index in [0.29, 0.717) is 42.2 Å². The van der Waals surface area contributed by atoms with E-state index in [1.165, 1.54) is 0 Å². The SMILES string of the molecule is CN(C(=O)c1ccccc1)c1ccc2c(c1)nc(NC(=O)c1ccccn1)n2CCCN1CCCC1=O. The van der Waals surface area contributed by atoms with Crippen molar-refractivity contribution in [3.63, 3.8) is 0 Å². The van der Waals surface area contributed by atoms with Crippen LogP contribution < -0.4 is 10.2 Å². The molecule has 37 heavy (non-hydrogen) atoms. The first-order valence-corrected chi connectivity index (χ1v) is 12.3. The molecule has 9 heteroatoms. The van der Waals surface area contributed by atoms with Gasteiger partial charge in [-0.05, 0) is 55.3 Å². The van der Waals surface area contributed by atoms with E-state index in [4.69, 9.17) is 4.98 Å². The third-order valence-corrected chi connectivity index (χ3v) is 6.55. The van der Waals surface area contributed by atoms with Crippen molar-refractivity contribution < 1.29 is 14.4 Å². The summed E-state index contributed by atoms with van der Waals surface area (Å²) in [6.07, 6.45) is 3.79. The summed E-state index contributed by atoms with van der Waals surface area (Å²) < 4.78 is 1.94. The number of nitrogens with zero attached hydrogens (tertiary/aromatic N) is 5. The zero-order valence-corrected chi connectivity index (χ0v) is 20.6. The summed E-state index contributed by atoms with van der Waals surface area (Å²) >= 11 is 0. The minimum absolute atomic E-state index is 0.127. The number of rotatable bonds is 8. The molecule has 5 rings (SSSR count). The fourth-order valence-corrected chi connectivity index (χ4v) is 4.56. The Morgan fingerprint density at radius 1 is 1.03 bits per heavy atom. The number of hydrogen-bond donors (Lipinski definition) is 1. The summed E-state index contributed by atoms with van der Waals surface area (Å²) in [5.41, 5.74) is 3.05. The summed E-state index contributed by atoms with van der Waals surface area (Å²) in [5, 5.41) is 2.89. The number of hydrogen-bond acceptors (Lipinski definition) is 5. The average molecular weight is 497 g/mol. The largest absolute Gasteiger partial charge is 0.343 e. The standard InChI is InChI=1S/C28H28N6O3/c1-32(27(37)20-9-3-2-4-10-20)21-13-14-24-23(19-21)30-28(31-26(36)22-11-5-6-15-29-22)34(24)18-8-17-33-16-7-12-25(33)35/h2-6,9-11,13-15,19H,7-8,12,16-18H2,1H3,(H,30,31,36). The Hall–Kier alpha value is -4.53. The first-order chi connectivity index (χ1) is 18.0. The molecular weight excluding hydrogens is 468 g/mol. The van der Waals surface area contributed by atoms with Gasteiger partial charge in [-0.1, -0.05) is 24.3 Å². The fraction of sp³-hybridized carbons (Fsp3) is 0.250. The number of likely N-dealkylation sites (tertiary alicyclic amines) is 1. The molecule has 188 valence electrons. The first kappa shape index (κ1) is 24.2. The molecule has 3 amide bonds. The van der Waals surface area contributed by atoms with E-state index in [2.05, 4.69) is 10.3 Å². The number of fused-ring (bicyclic) bond motifs is 1. The van der Waals surface area contributed by atoms with Crippen LogP contribution in [0.15, 0.2) is 72.9 Å². The van der Waals surface area contributed by atoms with Crippen LogP contribution in [-0.2, 0) is 11.3 Å². The van der Waals surface area contributed by atoms with Gasteiger partial charge in [-0.2, -0.15) is 0 Å². The number of imidazole rings is 1. The van der Waals surface area contributed by atoms with E-state index in [1.807, 2.05) is 45.9 Å². The summed E-state index contributed by atoms with van der Waals surface area (Å²) in [6, 6.07) is 19.9. The zero-order valence-electron chi connectivity index (χ0n) is 20.6. The van der Waals surface area contributed by atoms with Crippen molar-refractivity contribution >= 4 is 40.4 Å². The van der Waals surface area contributed by atoms with Gasteiger partial charge < -0.3 is 14.4 Å². The molecule has 9 nitrogen and oxygen atoms in total. The van der Waals surface area contributed by atoms with Crippen LogP contribution >= 0.6 is 0 Å². The Kier molecular flexibility index (Phi) is 6.93. The summed E-state index contributed by atoms with van der Waals surface area (Å²) in [7, 11) is 1.73. The molecule has 1 fully saturated rings. The maximum atomic E-state index is 13.0. The predicted molar refractivity (Wildman–Crippen MR) is 142 cm³/mol. The molecule has 2 aromatic heterocycles. The maximum absolute atomic E-state index is 13.0. The molecule has 2 aromatic carbocycles. The van der Waals surface area contributed by atoms with Crippen LogP contribution in [0.25, 0.3) is 11.0 Å². The normalized spacial score (nSPS) is 13.2. The molecule has 0 atom stereocenters. The minimum Gasteiger partial charge on any atom is -0.343 e. The number of amides is 3. The number of aromatic nitrogens is 3. The van der Waals surface area contributed by atoms with Gasteiger partial charge in [0.25, 0.3) is 11.8 Å². The van der Waals surface area contributed by atoms with Crippen LogP contribution in [0.4, 0.5) is 11.6 Å². The monoisotopic (exact) mass is 496 g/mol. The van der Waals surface area contributed by atoms with E-state index in [-0.39, 0.29) is 23.4 Å². The Balaban J connectivity index is 1.43. The molecule has 1 aliphatic rings. The molecule has 3 heterocycles. The summed E-state index contributed by atoms with van der Waals surface area (Å²) in [5.74, 6) is 0.101. The molecule has 1 aliphatic heterocycles. The van der Waals surface area contributed by atoms with E-state index in [9.17, 15) is 14.4 Å². The topological polar surface area (TPSA) is 100 Å². The van der Waals surface area contributed by atoms with Gasteiger partial charge in [0.2, 0.25) is 11.9 Å². The van der Waals surface area contributed by atoms with Gasteiger partial charge in [-0.25, -0.2) is 4.98 Å². The van der Waals surface area contributed by atoms with Crippen molar-refractivity contribution in [1.29, 1.82) is 0 Å². The quantitative estimate of drug-likeness (QED) is 0.398. The van der Waals surface area contributed by atoms with Crippen molar-refractivity contribution in [2.24, 2.45) is 0 Å². The third kappa shape index (κ3) is 5.20. The lowest BCUT2D eigenvalue weighted by atomic mass is 10.2. The Labute approximate surface area is 214 Å². The lowest BCUT2D eigenvalue weighted by molar-refractivity contribution is -0.127. The van der Waals surface area contributed by atoms with Crippen molar-refractivity contribution in [3.05, 3.63) is 84.2 Å². The highest BCUT2D eigenvalue weighted by Gasteiger charge is 2.21. The van der Waals surface area contributed by atoms with Gasteiger partial charge in [-0.3, -0.25) is 24.7 Å². The van der Waals surface area contributed by atoms with Crippen LogP contribution in [0.1, 0.15) is 40.1 Å². The van der Waals surface area contributed by atoms with Gasteiger partial charge in [-0.15, -0.1) is 0 Å². The van der Waals surface area contributed by atoms with Crippen LogP contribution in [0.5, 0.6) is 0 Å². The average Bonchev–Trinajstić information content (AvgIpc) is 3.50. The van der Waals surface area contributed by atoms with Gasteiger partial charge in [0.05, 0.1) is 11.0 Å². The highest BCUT2D eigenvalue weighted by Crippen LogP contribution is 2.26. The second-order valence-electron chi connectivity index (χ2n) is 9.00. The molecule has 0 saturated carbocycles. The molecule has 0 spiro atoms. The van der Waals surface area contributed by atoms with Crippen molar-refractivity contribution in [2.75, 3.05) is 30.4 Å². The number of pyridine rings is 1. The van der Waals surface area contributed by atoms with Crippen LogP contribution in [0, 0.1) is 0 Å². The number of carbonyl (C=O) groups excluding carboxylic acids is 3. The number of nitrogens with one attached hydrogen (secondary N) is 1. The van der Waals surface area contributed by atoms with E-state index < -0.39 is 0 Å². The number of benzene rings is 2. The lowest BCUT2D eigenvalue weighted by Crippen LogP contribution is -2.26. The third-order valence-electron chi connectivity index (χ3n) is 6.55. The van der Waals surface area contributed by atoms with E-state index in [1.54, 1.807) is 48.5 Å². The Bertz CT molecular complexity index is 1430. The Morgan fingerprint density at radius 3 is 2.57 bits per heavy atom. The maximum Gasteiger partial charge on any atom is 0.276 e.